The van der Waals surface area contributed by atoms with Gasteiger partial charge in [0.25, 0.3) is 0 Å². The predicted octanol–water partition coefficient (Wildman–Crippen LogP) is 4.61. The lowest BCUT2D eigenvalue weighted by Crippen LogP contribution is -2.33. The molecular weight excluding hydrogens is 288 g/mol. The van der Waals surface area contributed by atoms with Gasteiger partial charge in [-0.3, -0.25) is 0 Å². The highest BCUT2D eigenvalue weighted by atomic mass is 16.5. The van der Waals surface area contributed by atoms with Crippen molar-refractivity contribution in [2.45, 2.75) is 53.9 Å². The second-order valence-electron chi connectivity index (χ2n) is 5.95. The number of unbranched alkanes of at least 4 members (excludes halogenated alkanes) is 1. The molecule has 1 rings (SSSR count). The zero-order valence-electron chi connectivity index (χ0n) is 16.0. The molecule has 0 radical (unpaired) electrons. The van der Waals surface area contributed by atoms with Gasteiger partial charge >= 0.3 is 6.09 Å². The molecule has 0 aromatic heterocycles. The third-order valence-corrected chi connectivity index (χ3v) is 3.26. The summed E-state index contributed by atoms with van der Waals surface area (Å²) in [6, 6.07) is 0. The molecule has 4 heteroatoms. The van der Waals surface area contributed by atoms with Crippen LogP contribution in [0.25, 0.3) is 0 Å². The number of nitrogens with zero attached hydrogens (tertiary/aromatic N) is 1. The van der Waals surface area contributed by atoms with Crippen LogP contribution in [0.5, 0.6) is 0 Å². The highest BCUT2D eigenvalue weighted by Gasteiger charge is 2.11. The maximum Gasteiger partial charge on any atom is 0.409 e. The summed E-state index contributed by atoms with van der Waals surface area (Å²) in [5.41, 5.74) is 5.42. The third-order valence-electron chi connectivity index (χ3n) is 3.26. The van der Waals surface area contributed by atoms with Gasteiger partial charge in [-0.05, 0) is 31.7 Å². The van der Waals surface area contributed by atoms with Crippen molar-refractivity contribution in [3.05, 3.63) is 24.3 Å². The number of carbonyl (C=O) groups is 1. The first-order valence-corrected chi connectivity index (χ1v) is 8.83. The smallest absolute Gasteiger partial charge is 0.409 e. The topological polar surface area (TPSA) is 55.6 Å². The van der Waals surface area contributed by atoms with Gasteiger partial charge in [0.15, 0.2) is 0 Å². The quantitative estimate of drug-likeness (QED) is 0.802. The van der Waals surface area contributed by atoms with Gasteiger partial charge in [0, 0.05) is 13.6 Å². The zero-order valence-corrected chi connectivity index (χ0v) is 16.0. The van der Waals surface area contributed by atoms with Crippen molar-refractivity contribution in [3.8, 4) is 0 Å². The molecule has 0 aliphatic heterocycles. The number of amides is 1. The van der Waals surface area contributed by atoms with Crippen molar-refractivity contribution < 1.29 is 9.53 Å². The lowest BCUT2D eigenvalue weighted by Gasteiger charge is -2.19. The van der Waals surface area contributed by atoms with Gasteiger partial charge in [0.1, 0.15) is 0 Å². The molecular formula is C19H38N2O2. The standard InChI is InChI=1S/C8H18N2O2.C7H10.C4H10/c1-4-12-8(11)10(3)6-7(2)5-9;1-7-5-3-2-4-6-7;1-3-4-2/h7H,4-6,9H2,1-3H3;2-5,7H,6H2,1H3;3-4H2,1-2H3. The summed E-state index contributed by atoms with van der Waals surface area (Å²) in [6.45, 7) is 12.0. The summed E-state index contributed by atoms with van der Waals surface area (Å²) >= 11 is 0. The molecule has 1 aliphatic carbocycles. The van der Waals surface area contributed by atoms with Crippen LogP contribution in [-0.2, 0) is 4.74 Å². The Morgan fingerprint density at radius 1 is 1.30 bits per heavy atom. The van der Waals surface area contributed by atoms with Crippen molar-refractivity contribution in [3.63, 3.8) is 0 Å². The number of rotatable bonds is 5. The zero-order chi connectivity index (χ0) is 18.1. The molecule has 0 bridgehead atoms. The molecule has 1 aliphatic rings. The molecule has 2 N–H and O–H groups in total. The average Bonchev–Trinajstić information content (AvgIpc) is 2.56. The normalized spacial score (nSPS) is 16.4. The van der Waals surface area contributed by atoms with Gasteiger partial charge in [-0.2, -0.15) is 0 Å². The molecule has 2 atom stereocenters. The Morgan fingerprint density at radius 3 is 2.22 bits per heavy atom. The van der Waals surface area contributed by atoms with Crippen LogP contribution < -0.4 is 5.73 Å². The lowest BCUT2D eigenvalue weighted by atomic mass is 10.0. The van der Waals surface area contributed by atoms with E-state index in [4.69, 9.17) is 10.5 Å². The first kappa shape index (κ1) is 24.0. The van der Waals surface area contributed by atoms with E-state index in [1.165, 1.54) is 19.3 Å². The van der Waals surface area contributed by atoms with E-state index in [9.17, 15) is 4.79 Å². The number of allylic oxidation sites excluding steroid dienone is 4. The average molecular weight is 327 g/mol. The number of nitrogens with two attached hydrogens (primary N) is 1. The Bertz CT molecular complexity index is 325. The molecule has 0 heterocycles. The van der Waals surface area contributed by atoms with Gasteiger partial charge in [0.05, 0.1) is 6.61 Å². The van der Waals surface area contributed by atoms with Crippen LogP contribution >= 0.6 is 0 Å². The summed E-state index contributed by atoms with van der Waals surface area (Å²) < 4.78 is 4.80. The highest BCUT2D eigenvalue weighted by molar-refractivity contribution is 5.67. The molecule has 136 valence electrons. The fourth-order valence-corrected chi connectivity index (χ4v) is 1.55. The van der Waals surface area contributed by atoms with E-state index in [1.807, 2.05) is 6.92 Å². The van der Waals surface area contributed by atoms with E-state index in [0.717, 1.165) is 5.92 Å². The number of hydrogen-bond donors (Lipinski definition) is 1. The molecule has 23 heavy (non-hydrogen) atoms. The highest BCUT2D eigenvalue weighted by Crippen LogP contribution is 2.08. The number of carbonyl (C=O) groups excluding carboxylic acids is 1. The van der Waals surface area contributed by atoms with Crippen LogP contribution in [0.3, 0.4) is 0 Å². The summed E-state index contributed by atoms with van der Waals surface area (Å²) in [5, 5.41) is 0. The Labute approximate surface area is 143 Å². The van der Waals surface area contributed by atoms with Crippen LogP contribution in [0.15, 0.2) is 24.3 Å². The Hall–Kier alpha value is -1.29. The molecule has 0 spiro atoms. The first-order valence-electron chi connectivity index (χ1n) is 8.83. The molecule has 4 nitrogen and oxygen atoms in total. The molecule has 0 aromatic carbocycles. The number of hydrogen-bond acceptors (Lipinski definition) is 3. The first-order chi connectivity index (χ1) is 10.9. The molecule has 1 amide bonds. The minimum Gasteiger partial charge on any atom is -0.450 e. The van der Waals surface area contributed by atoms with Crippen molar-refractivity contribution in [2.24, 2.45) is 17.6 Å². The van der Waals surface area contributed by atoms with E-state index in [-0.39, 0.29) is 6.09 Å². The van der Waals surface area contributed by atoms with Crippen LogP contribution in [0.1, 0.15) is 53.9 Å². The van der Waals surface area contributed by atoms with Gasteiger partial charge < -0.3 is 15.4 Å². The summed E-state index contributed by atoms with van der Waals surface area (Å²) in [7, 11) is 1.71. The van der Waals surface area contributed by atoms with E-state index in [1.54, 1.807) is 18.9 Å². The van der Waals surface area contributed by atoms with Crippen molar-refractivity contribution in [1.29, 1.82) is 0 Å². The van der Waals surface area contributed by atoms with Crippen LogP contribution in [0.2, 0.25) is 0 Å². The van der Waals surface area contributed by atoms with Gasteiger partial charge in [-0.15, -0.1) is 0 Å². The van der Waals surface area contributed by atoms with Gasteiger partial charge in [0.2, 0.25) is 0 Å². The lowest BCUT2D eigenvalue weighted by molar-refractivity contribution is 0.112. The van der Waals surface area contributed by atoms with E-state index in [0.29, 0.717) is 25.6 Å². The monoisotopic (exact) mass is 326 g/mol. The molecule has 0 aromatic rings. The van der Waals surface area contributed by atoms with Crippen molar-refractivity contribution >= 4 is 6.09 Å². The molecule has 0 fully saturated rings. The Balaban J connectivity index is 0. The Morgan fingerprint density at radius 2 is 1.91 bits per heavy atom. The second-order valence-corrected chi connectivity index (χ2v) is 5.95. The Kier molecular flexibility index (Phi) is 17.8. The van der Waals surface area contributed by atoms with Crippen molar-refractivity contribution in [2.75, 3.05) is 26.7 Å². The molecule has 2 unspecified atom stereocenters. The summed E-state index contributed by atoms with van der Waals surface area (Å²) in [4.78, 5) is 12.6. The fourth-order valence-electron chi connectivity index (χ4n) is 1.55. The van der Waals surface area contributed by atoms with E-state index in [2.05, 4.69) is 45.1 Å². The minimum absolute atomic E-state index is 0.280. The molecule has 0 saturated carbocycles. The van der Waals surface area contributed by atoms with E-state index >= 15 is 0 Å². The maximum absolute atomic E-state index is 11.1. The third kappa shape index (κ3) is 16.9. The van der Waals surface area contributed by atoms with Crippen molar-refractivity contribution in [1.82, 2.24) is 4.90 Å². The second kappa shape index (κ2) is 17.1. The maximum atomic E-state index is 11.1. The SMILES string of the molecule is CC1C=CC=CC1.CCCC.CCOC(=O)N(C)CC(C)CN. The minimum atomic E-state index is -0.280. The number of ether oxygens (including phenoxy) is 1. The summed E-state index contributed by atoms with van der Waals surface area (Å²) in [6.07, 6.45) is 12.2. The van der Waals surface area contributed by atoms with Crippen LogP contribution in [0.4, 0.5) is 4.79 Å². The fraction of sp³-hybridized carbons (Fsp3) is 0.737. The van der Waals surface area contributed by atoms with Crippen LogP contribution in [0, 0.1) is 11.8 Å². The van der Waals surface area contributed by atoms with Crippen LogP contribution in [-0.4, -0.2) is 37.7 Å². The predicted molar refractivity (Wildman–Crippen MR) is 101 cm³/mol. The molecule has 0 saturated heterocycles. The largest absolute Gasteiger partial charge is 0.450 e. The van der Waals surface area contributed by atoms with Gasteiger partial charge in [-0.25, -0.2) is 4.79 Å². The van der Waals surface area contributed by atoms with E-state index < -0.39 is 0 Å². The van der Waals surface area contributed by atoms with Gasteiger partial charge in [-0.1, -0.05) is 64.8 Å². The summed E-state index contributed by atoms with van der Waals surface area (Å²) in [5.74, 6) is 1.09.